The van der Waals surface area contributed by atoms with Crippen molar-refractivity contribution < 1.29 is 22.0 Å². The Kier molecular flexibility index (Phi) is 5.65. The predicted octanol–water partition coefficient (Wildman–Crippen LogP) is 3.34. The SMILES string of the molecule is CN1CC[C@@H](Nc2cccc3c2cc(-c2nnc(CN)o2)n3C(F)C(F)F)[C@@H](F)C1. The van der Waals surface area contributed by atoms with Crippen molar-refractivity contribution in [3.63, 3.8) is 0 Å². The molecule has 11 heteroatoms. The van der Waals surface area contributed by atoms with Gasteiger partial charge in [0.05, 0.1) is 18.1 Å². The number of rotatable bonds is 6. The number of piperidine rings is 1. The highest BCUT2D eigenvalue weighted by Gasteiger charge is 2.31. The molecule has 7 nitrogen and oxygen atoms in total. The Morgan fingerprint density at radius 3 is 2.77 bits per heavy atom. The molecule has 2 aromatic heterocycles. The minimum absolute atomic E-state index is 0.000532. The van der Waals surface area contributed by atoms with Gasteiger partial charge in [-0.15, -0.1) is 10.2 Å². The van der Waals surface area contributed by atoms with E-state index in [0.29, 0.717) is 24.0 Å². The van der Waals surface area contributed by atoms with Crippen molar-refractivity contribution in [2.45, 2.75) is 37.9 Å². The minimum atomic E-state index is -3.27. The fourth-order valence-electron chi connectivity index (χ4n) is 3.78. The number of benzene rings is 1. The Bertz CT molecular complexity index is 1020. The predicted molar refractivity (Wildman–Crippen MR) is 104 cm³/mol. The summed E-state index contributed by atoms with van der Waals surface area (Å²) in [6, 6.07) is 5.87. The number of hydrogen-bond acceptors (Lipinski definition) is 6. The summed E-state index contributed by atoms with van der Waals surface area (Å²) in [4.78, 5) is 1.90. The molecular weight excluding hydrogens is 404 g/mol. The molecule has 3 heterocycles. The molecule has 1 fully saturated rings. The van der Waals surface area contributed by atoms with Crippen LogP contribution in [0.15, 0.2) is 28.7 Å². The van der Waals surface area contributed by atoms with Crippen LogP contribution < -0.4 is 11.1 Å². The lowest BCUT2D eigenvalue weighted by molar-refractivity contribution is 0.0113. The zero-order valence-electron chi connectivity index (χ0n) is 16.2. The third kappa shape index (κ3) is 3.74. The second-order valence-electron chi connectivity index (χ2n) is 7.37. The van der Waals surface area contributed by atoms with Crippen LogP contribution in [-0.2, 0) is 6.54 Å². The summed E-state index contributed by atoms with van der Waals surface area (Å²) in [5, 5.41) is 11.1. The van der Waals surface area contributed by atoms with Gasteiger partial charge in [0, 0.05) is 24.2 Å². The molecule has 3 atom stereocenters. The second-order valence-corrected chi connectivity index (χ2v) is 7.37. The normalized spacial score (nSPS) is 21.4. The third-order valence-corrected chi connectivity index (χ3v) is 5.28. The number of hydrogen-bond donors (Lipinski definition) is 2. The van der Waals surface area contributed by atoms with Crippen molar-refractivity contribution in [2.24, 2.45) is 5.73 Å². The fraction of sp³-hybridized carbons (Fsp3) is 0.474. The molecule has 0 aliphatic carbocycles. The van der Waals surface area contributed by atoms with Crippen LogP contribution in [0, 0.1) is 0 Å². The van der Waals surface area contributed by atoms with Gasteiger partial charge < -0.3 is 24.9 Å². The lowest BCUT2D eigenvalue weighted by Gasteiger charge is -2.33. The first-order valence-corrected chi connectivity index (χ1v) is 9.57. The number of nitrogens with one attached hydrogen (secondary N) is 1. The number of fused-ring (bicyclic) bond motifs is 1. The van der Waals surface area contributed by atoms with Crippen LogP contribution in [-0.4, -0.2) is 58.4 Å². The number of likely N-dealkylation sites (tertiary alicyclic amines) is 1. The number of nitrogens with zero attached hydrogens (tertiary/aromatic N) is 4. The highest BCUT2D eigenvalue weighted by molar-refractivity contribution is 5.96. The van der Waals surface area contributed by atoms with Gasteiger partial charge in [-0.3, -0.25) is 0 Å². The molecule has 4 rings (SSSR count). The van der Waals surface area contributed by atoms with E-state index >= 15 is 0 Å². The lowest BCUT2D eigenvalue weighted by atomic mass is 10.0. The molecule has 1 aromatic carbocycles. The van der Waals surface area contributed by atoms with Gasteiger partial charge in [0.15, 0.2) is 0 Å². The van der Waals surface area contributed by atoms with E-state index in [4.69, 9.17) is 10.2 Å². The standard InChI is InChI=1S/C19H22F4N6O/c1-28-6-5-13(11(20)9-28)25-12-3-2-4-14-10(12)7-15(29(14)18(23)17(21)22)19-27-26-16(8-24)30-19/h2-4,7,11,13,17-18,25H,5-6,8-9,24H2,1H3/t11-,13+,18?/m0/s1. The van der Waals surface area contributed by atoms with E-state index in [-0.39, 0.29) is 29.5 Å². The minimum Gasteiger partial charge on any atom is -0.418 e. The van der Waals surface area contributed by atoms with Crippen molar-refractivity contribution >= 4 is 16.6 Å². The van der Waals surface area contributed by atoms with Crippen LogP contribution >= 0.6 is 0 Å². The summed E-state index contributed by atoms with van der Waals surface area (Å²) in [5.74, 6) is -0.0252. The zero-order chi connectivity index (χ0) is 21.4. The van der Waals surface area contributed by atoms with Crippen molar-refractivity contribution in [3.8, 4) is 11.6 Å². The van der Waals surface area contributed by atoms with E-state index < -0.39 is 24.9 Å². The van der Waals surface area contributed by atoms with Gasteiger partial charge in [0.2, 0.25) is 12.2 Å². The van der Waals surface area contributed by atoms with E-state index in [1.807, 2.05) is 11.9 Å². The molecule has 1 unspecified atom stereocenters. The van der Waals surface area contributed by atoms with Gasteiger partial charge in [-0.1, -0.05) is 6.07 Å². The summed E-state index contributed by atoms with van der Waals surface area (Å²) >= 11 is 0. The zero-order valence-corrected chi connectivity index (χ0v) is 16.2. The highest BCUT2D eigenvalue weighted by Crippen LogP contribution is 2.37. The first-order valence-electron chi connectivity index (χ1n) is 9.57. The van der Waals surface area contributed by atoms with E-state index in [9.17, 15) is 17.6 Å². The van der Waals surface area contributed by atoms with Gasteiger partial charge in [-0.05, 0) is 31.7 Å². The molecule has 1 aliphatic heterocycles. The van der Waals surface area contributed by atoms with E-state index in [0.717, 1.165) is 11.1 Å². The number of nitrogens with two attached hydrogens (primary N) is 1. The summed E-state index contributed by atoms with van der Waals surface area (Å²) in [5.41, 5.74) is 6.19. The molecule has 0 saturated carbocycles. The third-order valence-electron chi connectivity index (χ3n) is 5.28. The maximum atomic E-state index is 14.6. The largest absolute Gasteiger partial charge is 0.418 e. The summed E-state index contributed by atoms with van der Waals surface area (Å²) in [6.45, 7) is 0.978. The quantitative estimate of drug-likeness (QED) is 0.588. The fourth-order valence-corrected chi connectivity index (χ4v) is 3.78. The molecule has 0 amide bonds. The average Bonchev–Trinajstić information content (AvgIpc) is 3.34. The molecular formula is C19H22F4N6O. The molecule has 30 heavy (non-hydrogen) atoms. The van der Waals surface area contributed by atoms with Gasteiger partial charge in [0.1, 0.15) is 11.9 Å². The Hall–Kier alpha value is -2.66. The maximum absolute atomic E-state index is 14.6. The second kappa shape index (κ2) is 8.23. The van der Waals surface area contributed by atoms with Crippen LogP contribution in [0.4, 0.5) is 23.2 Å². The van der Waals surface area contributed by atoms with Gasteiger partial charge >= 0.3 is 0 Å². The lowest BCUT2D eigenvalue weighted by Crippen LogP contribution is -2.46. The van der Waals surface area contributed by atoms with Crippen LogP contribution in [0.3, 0.4) is 0 Å². The van der Waals surface area contributed by atoms with Crippen molar-refractivity contribution in [1.29, 1.82) is 0 Å². The van der Waals surface area contributed by atoms with E-state index in [1.165, 1.54) is 12.1 Å². The molecule has 3 aromatic rings. The van der Waals surface area contributed by atoms with E-state index in [2.05, 4.69) is 15.5 Å². The molecule has 0 radical (unpaired) electrons. The van der Waals surface area contributed by atoms with Crippen molar-refractivity contribution in [2.75, 3.05) is 25.5 Å². The van der Waals surface area contributed by atoms with Crippen LogP contribution in [0.1, 0.15) is 18.6 Å². The number of anilines is 1. The summed E-state index contributed by atoms with van der Waals surface area (Å²) in [7, 11) is 1.85. The first-order chi connectivity index (χ1) is 14.4. The molecule has 1 aliphatic rings. The Labute approximate surface area is 169 Å². The first kappa shape index (κ1) is 20.6. The van der Waals surface area contributed by atoms with Gasteiger partial charge in [-0.25, -0.2) is 17.6 Å². The molecule has 0 spiro atoms. The highest BCUT2D eigenvalue weighted by atomic mass is 19.3. The molecule has 3 N–H and O–H groups in total. The van der Waals surface area contributed by atoms with Crippen LogP contribution in [0.5, 0.6) is 0 Å². The van der Waals surface area contributed by atoms with Gasteiger partial charge in [-0.2, -0.15) is 0 Å². The molecule has 0 bridgehead atoms. The Balaban J connectivity index is 1.79. The van der Waals surface area contributed by atoms with Crippen molar-refractivity contribution in [3.05, 3.63) is 30.2 Å². The summed E-state index contributed by atoms with van der Waals surface area (Å²) in [6.07, 6.45) is -6.41. The van der Waals surface area contributed by atoms with Gasteiger partial charge in [0.25, 0.3) is 12.3 Å². The van der Waals surface area contributed by atoms with Crippen LogP contribution in [0.25, 0.3) is 22.5 Å². The van der Waals surface area contributed by atoms with E-state index in [1.54, 1.807) is 12.1 Å². The topological polar surface area (TPSA) is 85.1 Å². The monoisotopic (exact) mass is 426 g/mol. The number of halogens is 4. The smallest absolute Gasteiger partial charge is 0.288 e. The number of aromatic nitrogens is 3. The van der Waals surface area contributed by atoms with Crippen molar-refractivity contribution in [1.82, 2.24) is 19.7 Å². The Morgan fingerprint density at radius 2 is 2.10 bits per heavy atom. The number of alkyl halides is 4. The Morgan fingerprint density at radius 1 is 1.30 bits per heavy atom. The molecule has 1 saturated heterocycles. The maximum Gasteiger partial charge on any atom is 0.288 e. The average molecular weight is 426 g/mol. The summed E-state index contributed by atoms with van der Waals surface area (Å²) < 4.78 is 61.8. The molecule has 162 valence electrons. The van der Waals surface area contributed by atoms with Crippen LogP contribution in [0.2, 0.25) is 0 Å².